The van der Waals surface area contributed by atoms with Crippen LogP contribution in [0.4, 0.5) is 0 Å². The van der Waals surface area contributed by atoms with E-state index in [-0.39, 0.29) is 12.0 Å². The number of carbonyl (C=O) groups excluding carboxylic acids is 1. The maximum Gasteiger partial charge on any atom is 0.137 e. The first-order valence-electron chi connectivity index (χ1n) is 6.13. The molecule has 3 heteroatoms. The molecule has 0 spiro atoms. The summed E-state index contributed by atoms with van der Waals surface area (Å²) < 4.78 is 0. The van der Waals surface area contributed by atoms with Crippen molar-refractivity contribution in [3.05, 3.63) is 0 Å². The summed E-state index contributed by atoms with van der Waals surface area (Å²) in [6, 6.07) is 0.426. The number of nitrogens with zero attached hydrogens (tertiary/aromatic N) is 1. The van der Waals surface area contributed by atoms with Gasteiger partial charge in [0.15, 0.2) is 0 Å². The molecule has 1 saturated heterocycles. The van der Waals surface area contributed by atoms with Crippen LogP contribution in [0.25, 0.3) is 0 Å². The molecule has 1 aliphatic carbocycles. The van der Waals surface area contributed by atoms with Crippen molar-refractivity contribution in [3.8, 4) is 0 Å². The van der Waals surface area contributed by atoms with E-state index < -0.39 is 0 Å². The molecular weight excluding hydrogens is 190 g/mol. The fourth-order valence-electron chi connectivity index (χ4n) is 3.12. The highest BCUT2D eigenvalue weighted by Crippen LogP contribution is 2.33. The number of ketones is 1. The van der Waals surface area contributed by atoms with E-state index in [9.17, 15) is 9.90 Å². The van der Waals surface area contributed by atoms with Gasteiger partial charge in [0.2, 0.25) is 0 Å². The van der Waals surface area contributed by atoms with Gasteiger partial charge in [0.05, 0.1) is 6.10 Å². The molecule has 3 nitrogen and oxygen atoms in total. The highest BCUT2D eigenvalue weighted by molar-refractivity contribution is 5.83. The number of aliphatic hydroxyl groups excluding tert-OH is 1. The molecule has 0 aromatic heterocycles. The third-order valence-corrected chi connectivity index (χ3v) is 3.73. The summed E-state index contributed by atoms with van der Waals surface area (Å²) in [5, 5.41) is 9.41. The van der Waals surface area contributed by atoms with E-state index in [1.165, 1.54) is 6.42 Å². The molecule has 3 atom stereocenters. The Morgan fingerprint density at radius 1 is 1.47 bits per heavy atom. The van der Waals surface area contributed by atoms with Gasteiger partial charge in [-0.2, -0.15) is 0 Å². The fraction of sp³-hybridized carbons (Fsp3) is 0.917. The van der Waals surface area contributed by atoms with Crippen LogP contribution in [-0.2, 0) is 4.79 Å². The summed E-state index contributed by atoms with van der Waals surface area (Å²) in [6.07, 6.45) is 4.97. The number of β-amino-alcohol motifs (C(OH)–C–C–N with tert-alkyl or cyclic N) is 1. The van der Waals surface area contributed by atoms with Gasteiger partial charge in [-0.25, -0.2) is 0 Å². The molecule has 2 fully saturated rings. The molecule has 0 radical (unpaired) electrons. The van der Waals surface area contributed by atoms with E-state index in [2.05, 4.69) is 4.90 Å². The second kappa shape index (κ2) is 4.62. The molecule has 86 valence electrons. The molecule has 0 bridgehead atoms. The Labute approximate surface area is 91.5 Å². The van der Waals surface area contributed by atoms with Gasteiger partial charge in [0, 0.05) is 24.9 Å². The Kier molecular flexibility index (Phi) is 3.42. The molecule has 0 aromatic carbocycles. The molecule has 2 aliphatic rings. The average Bonchev–Trinajstić information content (AvgIpc) is 2.73. The fourth-order valence-corrected chi connectivity index (χ4v) is 3.12. The van der Waals surface area contributed by atoms with Crippen LogP contribution in [0.5, 0.6) is 0 Å². The predicted octanol–water partition coefficient (Wildman–Crippen LogP) is 1.20. The molecule has 0 aromatic rings. The summed E-state index contributed by atoms with van der Waals surface area (Å²) in [4.78, 5) is 14.0. The number of hydrogen-bond acceptors (Lipinski definition) is 3. The number of aliphatic hydroxyl groups is 1. The van der Waals surface area contributed by atoms with E-state index in [1.54, 1.807) is 0 Å². The third kappa shape index (κ3) is 2.40. The smallest absolute Gasteiger partial charge is 0.137 e. The van der Waals surface area contributed by atoms with E-state index in [0.29, 0.717) is 11.8 Å². The number of carbonyl (C=O) groups is 1. The first-order valence-corrected chi connectivity index (χ1v) is 6.13. The standard InChI is InChI=1S/C12H21NO2/c1-9(14)8-13-7-3-5-11(13)10-4-2-6-12(10)15/h9-11,14H,2-8H2,1H3. The second-order valence-electron chi connectivity index (χ2n) is 5.02. The Balaban J connectivity index is 1.97. The van der Waals surface area contributed by atoms with E-state index in [0.717, 1.165) is 38.8 Å². The number of likely N-dealkylation sites (tertiary alicyclic amines) is 1. The molecule has 1 saturated carbocycles. The maximum atomic E-state index is 11.7. The minimum absolute atomic E-state index is 0.270. The van der Waals surface area contributed by atoms with Gasteiger partial charge in [-0.05, 0) is 39.2 Å². The molecule has 1 heterocycles. The molecule has 1 N–H and O–H groups in total. The van der Waals surface area contributed by atoms with Crippen LogP contribution in [0.3, 0.4) is 0 Å². The first-order chi connectivity index (χ1) is 7.18. The van der Waals surface area contributed by atoms with E-state index >= 15 is 0 Å². The van der Waals surface area contributed by atoms with Crippen molar-refractivity contribution in [2.75, 3.05) is 13.1 Å². The second-order valence-corrected chi connectivity index (χ2v) is 5.02. The van der Waals surface area contributed by atoms with Gasteiger partial charge in [-0.15, -0.1) is 0 Å². The van der Waals surface area contributed by atoms with Crippen molar-refractivity contribution in [2.24, 2.45) is 5.92 Å². The largest absolute Gasteiger partial charge is 0.392 e. The highest BCUT2D eigenvalue weighted by atomic mass is 16.3. The lowest BCUT2D eigenvalue weighted by molar-refractivity contribution is -0.122. The van der Waals surface area contributed by atoms with Crippen LogP contribution in [0, 0.1) is 5.92 Å². The Morgan fingerprint density at radius 2 is 2.27 bits per heavy atom. The van der Waals surface area contributed by atoms with Gasteiger partial charge >= 0.3 is 0 Å². The van der Waals surface area contributed by atoms with Gasteiger partial charge in [-0.1, -0.05) is 0 Å². The Hall–Kier alpha value is -0.410. The van der Waals surface area contributed by atoms with Gasteiger partial charge < -0.3 is 5.11 Å². The third-order valence-electron chi connectivity index (χ3n) is 3.73. The molecule has 15 heavy (non-hydrogen) atoms. The minimum atomic E-state index is -0.276. The zero-order valence-corrected chi connectivity index (χ0v) is 9.48. The van der Waals surface area contributed by atoms with Crippen molar-refractivity contribution < 1.29 is 9.90 Å². The lowest BCUT2D eigenvalue weighted by Crippen LogP contribution is -2.40. The van der Waals surface area contributed by atoms with Crippen LogP contribution in [0.1, 0.15) is 39.0 Å². The summed E-state index contributed by atoms with van der Waals surface area (Å²) in [7, 11) is 0. The van der Waals surface area contributed by atoms with E-state index in [4.69, 9.17) is 0 Å². The summed E-state index contributed by atoms with van der Waals surface area (Å²) in [6.45, 7) is 3.61. The Morgan fingerprint density at radius 3 is 2.87 bits per heavy atom. The Bertz CT molecular complexity index is 240. The quantitative estimate of drug-likeness (QED) is 0.762. The highest BCUT2D eigenvalue weighted by Gasteiger charge is 2.37. The van der Waals surface area contributed by atoms with Crippen molar-refractivity contribution in [2.45, 2.75) is 51.2 Å². The van der Waals surface area contributed by atoms with Crippen molar-refractivity contribution in [1.29, 1.82) is 0 Å². The van der Waals surface area contributed by atoms with Crippen molar-refractivity contribution in [3.63, 3.8) is 0 Å². The molecule has 0 amide bonds. The SMILES string of the molecule is CC(O)CN1CCCC1C1CCCC1=O. The molecule has 2 rings (SSSR count). The summed E-state index contributed by atoms with van der Waals surface area (Å²) in [5.74, 6) is 0.726. The monoisotopic (exact) mass is 211 g/mol. The van der Waals surface area contributed by atoms with E-state index in [1.807, 2.05) is 6.92 Å². The van der Waals surface area contributed by atoms with Gasteiger partial charge in [0.1, 0.15) is 5.78 Å². The van der Waals surface area contributed by atoms with Crippen LogP contribution < -0.4 is 0 Å². The number of Topliss-reactive ketones (excluding diaryl/α,β-unsaturated/α-hetero) is 1. The lowest BCUT2D eigenvalue weighted by atomic mass is 9.95. The zero-order chi connectivity index (χ0) is 10.8. The molecular formula is C12H21NO2. The molecule has 1 aliphatic heterocycles. The minimum Gasteiger partial charge on any atom is -0.392 e. The van der Waals surface area contributed by atoms with Crippen molar-refractivity contribution >= 4 is 5.78 Å². The first kappa shape index (κ1) is 11.1. The van der Waals surface area contributed by atoms with Gasteiger partial charge in [-0.3, -0.25) is 9.69 Å². The molecule has 3 unspecified atom stereocenters. The normalized spacial score (nSPS) is 34.9. The summed E-state index contributed by atoms with van der Waals surface area (Å²) in [5.41, 5.74) is 0. The maximum absolute atomic E-state index is 11.7. The van der Waals surface area contributed by atoms with Crippen LogP contribution in [-0.4, -0.2) is 41.0 Å². The zero-order valence-electron chi connectivity index (χ0n) is 9.48. The summed E-state index contributed by atoms with van der Waals surface area (Å²) >= 11 is 0. The topological polar surface area (TPSA) is 40.5 Å². The lowest BCUT2D eigenvalue weighted by Gasteiger charge is -2.29. The van der Waals surface area contributed by atoms with Crippen molar-refractivity contribution in [1.82, 2.24) is 4.90 Å². The number of rotatable bonds is 3. The number of hydrogen-bond donors (Lipinski definition) is 1. The predicted molar refractivity (Wildman–Crippen MR) is 58.6 cm³/mol. The van der Waals surface area contributed by atoms with Crippen LogP contribution in [0.15, 0.2) is 0 Å². The van der Waals surface area contributed by atoms with Crippen LogP contribution >= 0.6 is 0 Å². The van der Waals surface area contributed by atoms with Gasteiger partial charge in [0.25, 0.3) is 0 Å². The van der Waals surface area contributed by atoms with Crippen LogP contribution in [0.2, 0.25) is 0 Å². The average molecular weight is 211 g/mol.